The van der Waals surface area contributed by atoms with E-state index < -0.39 is 11.9 Å². The Bertz CT molecular complexity index is 536. The summed E-state index contributed by atoms with van der Waals surface area (Å²) >= 11 is 1.35. The van der Waals surface area contributed by atoms with Crippen molar-refractivity contribution in [1.29, 1.82) is 0 Å². The summed E-state index contributed by atoms with van der Waals surface area (Å²) in [5, 5.41) is 13.7. The van der Waals surface area contributed by atoms with Gasteiger partial charge in [-0.15, -0.1) is 4.72 Å². The summed E-state index contributed by atoms with van der Waals surface area (Å²) in [5.41, 5.74) is 0.485. The monoisotopic (exact) mass is 384 g/mol. The molecule has 1 saturated carbocycles. The second-order valence-electron chi connectivity index (χ2n) is 8.20. The Balaban J connectivity index is 1.71. The van der Waals surface area contributed by atoms with Gasteiger partial charge in [-0.2, -0.15) is 0 Å². The molecule has 26 heavy (non-hydrogen) atoms. The molecule has 1 fully saturated rings. The molecule has 0 aliphatic heterocycles. The van der Waals surface area contributed by atoms with Crippen LogP contribution in [0.25, 0.3) is 0 Å². The SMILES string of the molecule is CN[SH+]CCC1CCC(CC(C)(C)NC[C@H](O)c2cncc(F)c2)CC1. The van der Waals surface area contributed by atoms with Crippen LogP contribution in [-0.2, 0) is 11.9 Å². The van der Waals surface area contributed by atoms with Gasteiger partial charge in [-0.1, -0.05) is 25.7 Å². The van der Waals surface area contributed by atoms with Gasteiger partial charge in [-0.05, 0) is 44.6 Å². The molecule has 1 aliphatic carbocycles. The molecule has 6 heteroatoms. The van der Waals surface area contributed by atoms with Crippen molar-refractivity contribution in [2.24, 2.45) is 11.8 Å². The number of nitrogens with one attached hydrogen (secondary N) is 2. The normalized spacial score (nSPS) is 22.3. The van der Waals surface area contributed by atoms with Crippen LogP contribution in [-0.4, -0.2) is 35.0 Å². The first kappa shape index (κ1) is 21.6. The third-order valence-corrected chi connectivity index (χ3v) is 6.26. The Kier molecular flexibility index (Phi) is 8.80. The third-order valence-electron chi connectivity index (χ3n) is 5.46. The first-order chi connectivity index (χ1) is 12.4. The molecule has 1 aliphatic rings. The standard InChI is InChI=1S/C20H34FN3OS/c1-20(2,24-14-19(25)17-10-18(21)13-23-12-17)11-16-6-4-15(5-7-16)8-9-26-22-3/h10,12-13,15-16,19,22,24-25H,4-9,11,14H2,1-3H3/p+1/t15?,16?,19-/m0/s1. The van der Waals surface area contributed by atoms with Crippen LogP contribution in [0, 0.1) is 17.7 Å². The molecule has 0 unspecified atom stereocenters. The molecule has 0 saturated heterocycles. The number of hydrogen-bond acceptors (Lipinski definition) is 4. The molecule has 1 aromatic heterocycles. The number of rotatable bonds is 10. The van der Waals surface area contributed by atoms with Gasteiger partial charge >= 0.3 is 0 Å². The highest BCUT2D eigenvalue weighted by molar-refractivity contribution is 7.76. The number of aliphatic hydroxyl groups excluding tert-OH is 1. The summed E-state index contributed by atoms with van der Waals surface area (Å²) < 4.78 is 16.4. The van der Waals surface area contributed by atoms with Crippen LogP contribution in [0.2, 0.25) is 0 Å². The molecule has 0 aromatic carbocycles. The zero-order chi connectivity index (χ0) is 19.0. The fraction of sp³-hybridized carbons (Fsp3) is 0.750. The summed E-state index contributed by atoms with van der Waals surface area (Å²) in [5.74, 6) is 2.49. The number of aromatic nitrogens is 1. The van der Waals surface area contributed by atoms with Gasteiger partial charge in [-0.25, -0.2) is 4.39 Å². The third kappa shape index (κ3) is 7.51. The van der Waals surface area contributed by atoms with Crippen LogP contribution in [0.1, 0.15) is 64.0 Å². The van der Waals surface area contributed by atoms with E-state index in [1.807, 2.05) is 7.05 Å². The Hall–Kier alpha value is -0.690. The molecule has 0 radical (unpaired) electrons. The van der Waals surface area contributed by atoms with E-state index in [0.29, 0.717) is 12.1 Å². The van der Waals surface area contributed by atoms with E-state index in [9.17, 15) is 9.50 Å². The fourth-order valence-electron chi connectivity index (χ4n) is 3.98. The number of nitrogens with zero attached hydrogens (tertiary/aromatic N) is 1. The van der Waals surface area contributed by atoms with Gasteiger partial charge in [0.1, 0.15) is 11.6 Å². The van der Waals surface area contributed by atoms with Crippen molar-refractivity contribution in [1.82, 2.24) is 15.0 Å². The maximum absolute atomic E-state index is 13.2. The maximum Gasteiger partial charge on any atom is 0.141 e. The van der Waals surface area contributed by atoms with Crippen LogP contribution >= 0.6 is 0 Å². The summed E-state index contributed by atoms with van der Waals surface area (Å²) in [6.45, 7) is 4.80. The number of hydrogen-bond donors (Lipinski definition) is 3. The van der Waals surface area contributed by atoms with Crippen LogP contribution < -0.4 is 10.0 Å². The quantitative estimate of drug-likeness (QED) is 0.329. The number of thiol groups is 1. The molecule has 0 bridgehead atoms. The van der Waals surface area contributed by atoms with Gasteiger partial charge in [0.2, 0.25) is 0 Å². The molecule has 148 valence electrons. The van der Waals surface area contributed by atoms with Crippen LogP contribution in [0.4, 0.5) is 4.39 Å². The number of pyridine rings is 1. The summed E-state index contributed by atoms with van der Waals surface area (Å²) in [6, 6.07) is 1.35. The lowest BCUT2D eigenvalue weighted by Gasteiger charge is -2.35. The Morgan fingerprint density at radius 2 is 1.96 bits per heavy atom. The van der Waals surface area contributed by atoms with E-state index in [2.05, 4.69) is 28.9 Å². The zero-order valence-electron chi connectivity index (χ0n) is 16.3. The Morgan fingerprint density at radius 1 is 1.27 bits per heavy atom. The molecule has 0 spiro atoms. The molecule has 3 N–H and O–H groups in total. The van der Waals surface area contributed by atoms with Crippen molar-refractivity contribution in [2.45, 2.75) is 64.0 Å². The lowest BCUT2D eigenvalue weighted by Crippen LogP contribution is -2.43. The van der Waals surface area contributed by atoms with Gasteiger partial charge in [0, 0.05) is 30.9 Å². The maximum atomic E-state index is 13.2. The number of halogens is 1. The summed E-state index contributed by atoms with van der Waals surface area (Å²) in [7, 11) is 2.01. The lowest BCUT2D eigenvalue weighted by atomic mass is 9.76. The Labute approximate surface area is 161 Å². The van der Waals surface area contributed by atoms with Crippen molar-refractivity contribution >= 4 is 11.9 Å². The predicted octanol–water partition coefficient (Wildman–Crippen LogP) is 3.16. The van der Waals surface area contributed by atoms with E-state index >= 15 is 0 Å². The van der Waals surface area contributed by atoms with E-state index in [-0.39, 0.29) is 5.54 Å². The minimum atomic E-state index is -0.737. The highest BCUT2D eigenvalue weighted by atomic mass is 32.2. The van der Waals surface area contributed by atoms with E-state index in [1.165, 1.54) is 62.1 Å². The summed E-state index contributed by atoms with van der Waals surface area (Å²) in [4.78, 5) is 3.81. The first-order valence-electron chi connectivity index (χ1n) is 9.76. The largest absolute Gasteiger partial charge is 0.387 e. The van der Waals surface area contributed by atoms with Gasteiger partial charge in [0.15, 0.2) is 0 Å². The van der Waals surface area contributed by atoms with E-state index in [0.717, 1.165) is 24.5 Å². The lowest BCUT2D eigenvalue weighted by molar-refractivity contribution is 0.147. The van der Waals surface area contributed by atoms with Crippen molar-refractivity contribution < 1.29 is 9.50 Å². The topological polar surface area (TPSA) is 57.2 Å². The average molecular weight is 385 g/mol. The zero-order valence-corrected chi connectivity index (χ0v) is 17.2. The minimum absolute atomic E-state index is 0.0377. The van der Waals surface area contributed by atoms with Gasteiger partial charge in [0.05, 0.1) is 24.2 Å². The van der Waals surface area contributed by atoms with E-state index in [1.54, 1.807) is 0 Å². The molecule has 1 atom stereocenters. The van der Waals surface area contributed by atoms with Gasteiger partial charge in [-0.3, -0.25) is 4.98 Å². The molecular formula is C20H35FN3OS+. The smallest absolute Gasteiger partial charge is 0.141 e. The summed E-state index contributed by atoms with van der Waals surface area (Å²) in [6.07, 6.45) is 9.70. The molecular weight excluding hydrogens is 349 g/mol. The van der Waals surface area contributed by atoms with Gasteiger partial charge in [0.25, 0.3) is 0 Å². The first-order valence-corrected chi connectivity index (χ1v) is 10.8. The van der Waals surface area contributed by atoms with Gasteiger partial charge < -0.3 is 10.4 Å². The van der Waals surface area contributed by atoms with Crippen LogP contribution in [0.3, 0.4) is 0 Å². The number of aliphatic hydroxyl groups is 1. The second kappa shape index (κ2) is 10.6. The number of β-amino-alcohol motifs (C(OH)–C–C–N with tert-alkyl or cyclic N) is 1. The molecule has 1 heterocycles. The van der Waals surface area contributed by atoms with Crippen LogP contribution in [0.5, 0.6) is 0 Å². The van der Waals surface area contributed by atoms with Crippen LogP contribution in [0.15, 0.2) is 18.5 Å². The highest BCUT2D eigenvalue weighted by Gasteiger charge is 2.28. The highest BCUT2D eigenvalue weighted by Crippen LogP contribution is 2.35. The molecule has 0 amide bonds. The molecule has 1 aromatic rings. The average Bonchev–Trinajstić information content (AvgIpc) is 2.61. The Morgan fingerprint density at radius 3 is 2.62 bits per heavy atom. The van der Waals surface area contributed by atoms with Crippen molar-refractivity contribution in [3.63, 3.8) is 0 Å². The van der Waals surface area contributed by atoms with Crippen molar-refractivity contribution in [3.8, 4) is 0 Å². The molecule has 2 rings (SSSR count). The van der Waals surface area contributed by atoms with E-state index in [4.69, 9.17) is 0 Å². The fourth-order valence-corrected chi connectivity index (χ4v) is 4.70. The second-order valence-corrected chi connectivity index (χ2v) is 9.41. The molecule has 4 nitrogen and oxygen atoms in total. The predicted molar refractivity (Wildman–Crippen MR) is 109 cm³/mol. The minimum Gasteiger partial charge on any atom is -0.387 e. The van der Waals surface area contributed by atoms with Crippen molar-refractivity contribution in [3.05, 3.63) is 29.8 Å². The van der Waals surface area contributed by atoms with Crippen molar-refractivity contribution in [2.75, 3.05) is 19.3 Å².